The normalized spacial score (nSPS) is 13.4. The van der Waals surface area contributed by atoms with Gasteiger partial charge in [-0.05, 0) is 26.3 Å². The van der Waals surface area contributed by atoms with Crippen molar-refractivity contribution >= 4 is 11.6 Å². The summed E-state index contributed by atoms with van der Waals surface area (Å²) in [7, 11) is 0. The maximum absolute atomic E-state index is 5.80. The van der Waals surface area contributed by atoms with E-state index >= 15 is 0 Å². The lowest BCUT2D eigenvalue weighted by Gasteiger charge is -2.01. The summed E-state index contributed by atoms with van der Waals surface area (Å²) in [5.41, 5.74) is 5.37. The Kier molecular flexibility index (Phi) is 8.54. The second-order valence-electron chi connectivity index (χ2n) is 3.13. The number of nitrogens with two attached hydrogens (primary N) is 1. The molecule has 0 bridgehead atoms. The van der Waals surface area contributed by atoms with E-state index in [9.17, 15) is 0 Å². The van der Waals surface area contributed by atoms with Gasteiger partial charge in [0.1, 0.15) is 0 Å². The highest BCUT2D eigenvalue weighted by molar-refractivity contribution is 6.20. The highest BCUT2D eigenvalue weighted by atomic mass is 35.5. The zero-order valence-electron chi connectivity index (χ0n) is 7.48. The number of halogens is 1. The van der Waals surface area contributed by atoms with E-state index < -0.39 is 0 Å². The molecule has 0 radical (unpaired) electrons. The van der Waals surface area contributed by atoms with Crippen LogP contribution in [0.4, 0.5) is 0 Å². The van der Waals surface area contributed by atoms with Gasteiger partial charge in [-0.15, -0.1) is 11.6 Å². The van der Waals surface area contributed by atoms with E-state index in [2.05, 4.69) is 6.92 Å². The molecule has 0 spiro atoms. The van der Waals surface area contributed by atoms with Gasteiger partial charge in [0.05, 0.1) is 0 Å². The van der Waals surface area contributed by atoms with Crippen molar-refractivity contribution in [2.75, 3.05) is 6.54 Å². The van der Waals surface area contributed by atoms with Crippen LogP contribution in [0.25, 0.3) is 0 Å². The van der Waals surface area contributed by atoms with E-state index in [0.29, 0.717) is 5.38 Å². The van der Waals surface area contributed by atoms with Gasteiger partial charge in [-0.3, -0.25) is 0 Å². The van der Waals surface area contributed by atoms with Gasteiger partial charge in [-0.1, -0.05) is 25.7 Å². The second kappa shape index (κ2) is 8.35. The van der Waals surface area contributed by atoms with Crippen molar-refractivity contribution < 1.29 is 0 Å². The van der Waals surface area contributed by atoms with Crippen LogP contribution in [0.2, 0.25) is 0 Å². The lowest BCUT2D eigenvalue weighted by molar-refractivity contribution is 0.595. The number of hydrogen-bond donors (Lipinski definition) is 1. The van der Waals surface area contributed by atoms with Crippen LogP contribution < -0.4 is 5.73 Å². The van der Waals surface area contributed by atoms with Crippen molar-refractivity contribution in [3.63, 3.8) is 0 Å². The molecule has 0 aliphatic rings. The summed E-state index contributed by atoms with van der Waals surface area (Å²) in [6.07, 6.45) is 7.53. The number of unbranched alkanes of at least 4 members (excludes halogenated alkanes) is 4. The highest BCUT2D eigenvalue weighted by Gasteiger charge is 1.95. The molecule has 0 saturated carbocycles. The Morgan fingerprint density at radius 2 is 1.64 bits per heavy atom. The summed E-state index contributed by atoms with van der Waals surface area (Å²) < 4.78 is 0. The fraction of sp³-hybridized carbons (Fsp3) is 1.00. The van der Waals surface area contributed by atoms with Crippen molar-refractivity contribution in [2.24, 2.45) is 5.73 Å². The Hall–Kier alpha value is 0.250. The van der Waals surface area contributed by atoms with E-state index in [0.717, 1.165) is 13.0 Å². The van der Waals surface area contributed by atoms with Crippen molar-refractivity contribution in [3.05, 3.63) is 0 Å². The van der Waals surface area contributed by atoms with Gasteiger partial charge in [0.2, 0.25) is 0 Å². The molecule has 0 amide bonds. The van der Waals surface area contributed by atoms with Gasteiger partial charge >= 0.3 is 0 Å². The van der Waals surface area contributed by atoms with Gasteiger partial charge in [-0.25, -0.2) is 0 Å². The second-order valence-corrected chi connectivity index (χ2v) is 3.87. The molecule has 0 aromatic carbocycles. The zero-order chi connectivity index (χ0) is 8.53. The molecule has 0 heterocycles. The van der Waals surface area contributed by atoms with Crippen LogP contribution in [0.3, 0.4) is 0 Å². The van der Waals surface area contributed by atoms with Crippen LogP contribution in [-0.4, -0.2) is 11.9 Å². The van der Waals surface area contributed by atoms with Crippen LogP contribution in [-0.2, 0) is 0 Å². The van der Waals surface area contributed by atoms with Crippen molar-refractivity contribution in [1.29, 1.82) is 0 Å². The Labute approximate surface area is 75.3 Å². The summed E-state index contributed by atoms with van der Waals surface area (Å²) in [4.78, 5) is 0. The van der Waals surface area contributed by atoms with Crippen molar-refractivity contribution in [3.8, 4) is 0 Å². The molecule has 0 aromatic rings. The third-order valence-corrected chi connectivity index (χ3v) is 2.02. The Bertz CT molecular complexity index is 74.0. The average Bonchev–Trinajstić information content (AvgIpc) is 1.96. The largest absolute Gasteiger partial charge is 0.330 e. The molecule has 68 valence electrons. The molecule has 1 unspecified atom stereocenters. The molecule has 0 aliphatic heterocycles. The molecule has 1 atom stereocenters. The van der Waals surface area contributed by atoms with Crippen LogP contribution in [0.5, 0.6) is 0 Å². The average molecular weight is 178 g/mol. The Morgan fingerprint density at radius 1 is 1.09 bits per heavy atom. The monoisotopic (exact) mass is 177 g/mol. The predicted octanol–water partition coefficient (Wildman–Crippen LogP) is 2.91. The molecular formula is C9H20ClN. The smallest absolute Gasteiger partial charge is 0.0307 e. The summed E-state index contributed by atoms with van der Waals surface area (Å²) in [6.45, 7) is 2.90. The fourth-order valence-electron chi connectivity index (χ4n) is 1.10. The molecule has 2 N–H and O–H groups in total. The molecule has 11 heavy (non-hydrogen) atoms. The molecule has 1 nitrogen and oxygen atoms in total. The Balaban J connectivity index is 2.80. The molecule has 0 fully saturated rings. The molecular weight excluding hydrogens is 158 g/mol. The summed E-state index contributed by atoms with van der Waals surface area (Å²) in [6, 6.07) is 0. The maximum atomic E-state index is 5.80. The van der Waals surface area contributed by atoms with Gasteiger partial charge in [0, 0.05) is 5.38 Å². The first kappa shape index (κ1) is 11.2. The molecule has 0 aromatic heterocycles. The van der Waals surface area contributed by atoms with E-state index in [1.165, 1.54) is 32.1 Å². The first-order valence-corrected chi connectivity index (χ1v) is 5.05. The predicted molar refractivity (Wildman–Crippen MR) is 52.1 cm³/mol. The SMILES string of the molecule is CC(Cl)CCCCCCCN. The van der Waals surface area contributed by atoms with Crippen molar-refractivity contribution in [1.82, 2.24) is 0 Å². The topological polar surface area (TPSA) is 26.0 Å². The quantitative estimate of drug-likeness (QED) is 0.470. The van der Waals surface area contributed by atoms with Gasteiger partial charge < -0.3 is 5.73 Å². The summed E-state index contributed by atoms with van der Waals surface area (Å²) >= 11 is 5.80. The third-order valence-electron chi connectivity index (χ3n) is 1.81. The first-order valence-electron chi connectivity index (χ1n) is 4.61. The summed E-state index contributed by atoms with van der Waals surface area (Å²) in [5.74, 6) is 0. The van der Waals surface area contributed by atoms with E-state index in [1.807, 2.05) is 0 Å². The van der Waals surface area contributed by atoms with Crippen LogP contribution in [0.15, 0.2) is 0 Å². The number of alkyl halides is 1. The lowest BCUT2D eigenvalue weighted by atomic mass is 10.1. The number of rotatable bonds is 7. The van der Waals surface area contributed by atoms with Gasteiger partial charge in [0.15, 0.2) is 0 Å². The highest BCUT2D eigenvalue weighted by Crippen LogP contribution is 2.09. The van der Waals surface area contributed by atoms with E-state index in [1.54, 1.807) is 0 Å². The molecule has 0 saturated heterocycles. The Morgan fingerprint density at radius 3 is 2.18 bits per heavy atom. The van der Waals surface area contributed by atoms with Gasteiger partial charge in [0.25, 0.3) is 0 Å². The minimum atomic E-state index is 0.351. The zero-order valence-corrected chi connectivity index (χ0v) is 8.24. The molecule has 0 rings (SSSR count). The van der Waals surface area contributed by atoms with E-state index in [4.69, 9.17) is 17.3 Å². The standard InChI is InChI=1S/C9H20ClN/c1-9(10)7-5-3-2-4-6-8-11/h9H,2-8,11H2,1H3. The minimum Gasteiger partial charge on any atom is -0.330 e. The number of hydrogen-bond acceptors (Lipinski definition) is 1. The van der Waals surface area contributed by atoms with Crippen LogP contribution >= 0.6 is 11.6 Å². The lowest BCUT2D eigenvalue weighted by Crippen LogP contribution is -1.97. The first-order chi connectivity index (χ1) is 5.27. The third kappa shape index (κ3) is 10.2. The van der Waals surface area contributed by atoms with Crippen molar-refractivity contribution in [2.45, 2.75) is 50.8 Å². The van der Waals surface area contributed by atoms with Crippen LogP contribution in [0.1, 0.15) is 45.4 Å². The fourth-order valence-corrected chi connectivity index (χ4v) is 1.25. The van der Waals surface area contributed by atoms with E-state index in [-0.39, 0.29) is 0 Å². The summed E-state index contributed by atoms with van der Waals surface area (Å²) in [5, 5.41) is 0.351. The van der Waals surface area contributed by atoms with Gasteiger partial charge in [-0.2, -0.15) is 0 Å². The molecule has 0 aliphatic carbocycles. The minimum absolute atomic E-state index is 0.351. The molecule has 2 heteroatoms. The maximum Gasteiger partial charge on any atom is 0.0307 e. The van der Waals surface area contributed by atoms with Crippen LogP contribution in [0, 0.1) is 0 Å².